The van der Waals surface area contributed by atoms with Gasteiger partial charge in [0.2, 0.25) is 5.91 Å². The Morgan fingerprint density at radius 3 is 2.15 bits per heavy atom. The van der Waals surface area contributed by atoms with Crippen LogP contribution in [0, 0.1) is 0 Å². The van der Waals surface area contributed by atoms with Crippen LogP contribution in [0.4, 0.5) is 5.69 Å². The van der Waals surface area contributed by atoms with E-state index >= 15 is 0 Å². The van der Waals surface area contributed by atoms with E-state index in [0.29, 0.717) is 19.3 Å². The minimum Gasteiger partial charge on any atom is -0.312 e. The third kappa shape index (κ3) is 9.56. The van der Waals surface area contributed by atoms with Crippen molar-refractivity contribution in [2.45, 2.75) is 77.6 Å². The van der Waals surface area contributed by atoms with E-state index < -0.39 is 5.97 Å². The van der Waals surface area contributed by atoms with Gasteiger partial charge in [0.1, 0.15) is 0 Å². The summed E-state index contributed by atoms with van der Waals surface area (Å²) in [5, 5.41) is 8.24. The summed E-state index contributed by atoms with van der Waals surface area (Å²) in [6.45, 7) is 2.95. The monoisotopic (exact) mass is 363 g/mol. The zero-order valence-electron chi connectivity index (χ0n) is 16.0. The van der Waals surface area contributed by atoms with Gasteiger partial charge in [0.15, 0.2) is 0 Å². The lowest BCUT2D eigenvalue weighted by Crippen LogP contribution is -2.31. The van der Waals surface area contributed by atoms with Gasteiger partial charge in [-0.05, 0) is 31.4 Å². The molecule has 26 heavy (non-hydrogen) atoms. The first-order valence-corrected chi connectivity index (χ1v) is 9.88. The number of carbonyl (C=O) groups excluding carboxylic acids is 2. The molecule has 0 unspecified atom stereocenters. The number of hydrogen-bond donors (Lipinski definition) is 1. The first-order valence-electron chi connectivity index (χ1n) is 9.88. The highest BCUT2D eigenvalue weighted by molar-refractivity contribution is 5.93. The van der Waals surface area contributed by atoms with Crippen LogP contribution in [0.1, 0.15) is 77.6 Å². The average molecular weight is 363 g/mol. The number of unbranched alkanes of at least 4 members (excludes halogenated alkanes) is 7. The molecule has 1 aromatic carbocycles. The second-order valence-electron chi connectivity index (χ2n) is 6.67. The highest BCUT2D eigenvalue weighted by Crippen LogP contribution is 2.17. The molecule has 1 aromatic rings. The number of nitrogens with zero attached hydrogens (tertiary/aromatic N) is 1. The normalized spacial score (nSPS) is 10.5. The van der Waals surface area contributed by atoms with Crippen LogP contribution in [-0.4, -0.2) is 23.7 Å². The second kappa shape index (κ2) is 14.3. The molecular formula is C21H33NO4. The van der Waals surface area contributed by atoms with Crippen LogP contribution < -0.4 is 4.90 Å². The van der Waals surface area contributed by atoms with Gasteiger partial charge in [-0.2, -0.15) is 5.26 Å². The molecule has 0 bridgehead atoms. The number of para-hydroxylation sites is 1. The van der Waals surface area contributed by atoms with Crippen LogP contribution in [-0.2, 0) is 14.5 Å². The van der Waals surface area contributed by atoms with Crippen molar-refractivity contribution in [3.63, 3.8) is 0 Å². The van der Waals surface area contributed by atoms with Gasteiger partial charge < -0.3 is 9.79 Å². The molecule has 0 atom stereocenters. The summed E-state index contributed by atoms with van der Waals surface area (Å²) in [4.78, 5) is 29.0. The fraction of sp³-hybridized carbons (Fsp3) is 0.619. The number of amides is 1. The summed E-state index contributed by atoms with van der Waals surface area (Å²) < 4.78 is 0. The van der Waals surface area contributed by atoms with Crippen molar-refractivity contribution >= 4 is 17.6 Å². The molecule has 0 aliphatic carbocycles. The minimum absolute atomic E-state index is 0.0829. The maximum atomic E-state index is 12.6. The van der Waals surface area contributed by atoms with Gasteiger partial charge in [-0.1, -0.05) is 63.6 Å². The number of hydrogen-bond acceptors (Lipinski definition) is 4. The molecule has 1 rings (SSSR count). The summed E-state index contributed by atoms with van der Waals surface area (Å²) in [7, 11) is 0. The van der Waals surface area contributed by atoms with Crippen LogP contribution in [0.25, 0.3) is 0 Å². The van der Waals surface area contributed by atoms with E-state index in [2.05, 4.69) is 11.8 Å². The van der Waals surface area contributed by atoms with E-state index in [-0.39, 0.29) is 12.3 Å². The SMILES string of the molecule is CCCCCCCCCN(C(=O)CCCCC(=O)OO)c1ccccc1. The number of anilines is 1. The van der Waals surface area contributed by atoms with Crippen molar-refractivity contribution in [2.24, 2.45) is 0 Å². The molecule has 0 heterocycles. The van der Waals surface area contributed by atoms with E-state index in [1.165, 1.54) is 32.1 Å². The van der Waals surface area contributed by atoms with Crippen LogP contribution in [0.2, 0.25) is 0 Å². The van der Waals surface area contributed by atoms with E-state index in [4.69, 9.17) is 5.26 Å². The summed E-state index contributed by atoms with van der Waals surface area (Å²) in [6, 6.07) is 9.75. The predicted molar refractivity (Wildman–Crippen MR) is 104 cm³/mol. The molecule has 0 aliphatic rings. The van der Waals surface area contributed by atoms with Crippen LogP contribution >= 0.6 is 0 Å². The molecule has 5 heteroatoms. The fourth-order valence-electron chi connectivity index (χ4n) is 2.96. The minimum atomic E-state index is -0.652. The molecule has 0 aromatic heterocycles. The Bertz CT molecular complexity index is 504. The smallest absolute Gasteiger partial charge is 0.312 e. The van der Waals surface area contributed by atoms with Crippen molar-refractivity contribution in [1.82, 2.24) is 0 Å². The predicted octanol–water partition coefficient (Wildman–Crippen LogP) is 5.35. The highest BCUT2D eigenvalue weighted by atomic mass is 17.1. The van der Waals surface area contributed by atoms with Crippen LogP contribution in [0.15, 0.2) is 30.3 Å². The van der Waals surface area contributed by atoms with E-state index in [1.807, 2.05) is 35.2 Å². The van der Waals surface area contributed by atoms with E-state index in [9.17, 15) is 9.59 Å². The number of rotatable bonds is 14. The third-order valence-corrected chi connectivity index (χ3v) is 4.48. The Morgan fingerprint density at radius 1 is 0.885 bits per heavy atom. The zero-order chi connectivity index (χ0) is 19.0. The standard InChI is InChI=1S/C21H33NO4/c1-2-3-4-5-6-7-13-18-22(19-14-9-8-10-15-19)20(23)16-11-12-17-21(24)26-25/h8-10,14-15,25H,2-7,11-13,16-18H2,1H3. The Morgan fingerprint density at radius 2 is 1.50 bits per heavy atom. The molecule has 0 radical (unpaired) electrons. The van der Waals surface area contributed by atoms with Crippen molar-refractivity contribution in [1.29, 1.82) is 0 Å². The first-order chi connectivity index (χ1) is 12.7. The summed E-state index contributed by atoms with van der Waals surface area (Å²) >= 11 is 0. The maximum Gasteiger partial charge on any atom is 0.342 e. The van der Waals surface area contributed by atoms with E-state index in [0.717, 1.165) is 25.1 Å². The van der Waals surface area contributed by atoms with Crippen LogP contribution in [0.3, 0.4) is 0 Å². The summed E-state index contributed by atoms with van der Waals surface area (Å²) in [6.07, 6.45) is 10.2. The molecule has 0 aliphatic heterocycles. The quantitative estimate of drug-likeness (QED) is 0.275. The maximum absolute atomic E-state index is 12.6. The van der Waals surface area contributed by atoms with Gasteiger partial charge in [0, 0.05) is 25.1 Å². The lowest BCUT2D eigenvalue weighted by atomic mass is 10.1. The largest absolute Gasteiger partial charge is 0.342 e. The molecule has 146 valence electrons. The molecule has 0 saturated heterocycles. The van der Waals surface area contributed by atoms with Gasteiger partial charge in [-0.3, -0.25) is 4.79 Å². The fourth-order valence-corrected chi connectivity index (χ4v) is 2.96. The molecule has 0 spiro atoms. The van der Waals surface area contributed by atoms with Gasteiger partial charge in [-0.15, -0.1) is 0 Å². The first kappa shape index (κ1) is 22.2. The van der Waals surface area contributed by atoms with Crippen LogP contribution in [0.5, 0.6) is 0 Å². The zero-order valence-corrected chi connectivity index (χ0v) is 16.0. The third-order valence-electron chi connectivity index (χ3n) is 4.48. The van der Waals surface area contributed by atoms with Crippen molar-refractivity contribution in [2.75, 3.05) is 11.4 Å². The van der Waals surface area contributed by atoms with Crippen molar-refractivity contribution in [3.8, 4) is 0 Å². The second-order valence-corrected chi connectivity index (χ2v) is 6.67. The Hall–Kier alpha value is -1.88. The lowest BCUT2D eigenvalue weighted by Gasteiger charge is -2.23. The highest BCUT2D eigenvalue weighted by Gasteiger charge is 2.15. The number of benzene rings is 1. The molecule has 0 saturated carbocycles. The number of carbonyl (C=O) groups is 2. The van der Waals surface area contributed by atoms with Crippen molar-refractivity contribution in [3.05, 3.63) is 30.3 Å². The Labute approximate surface area is 157 Å². The molecule has 0 fully saturated rings. The molecular weight excluding hydrogens is 330 g/mol. The molecule has 1 amide bonds. The van der Waals surface area contributed by atoms with Crippen molar-refractivity contribution < 1.29 is 19.7 Å². The summed E-state index contributed by atoms with van der Waals surface area (Å²) in [5.74, 6) is -0.569. The van der Waals surface area contributed by atoms with Gasteiger partial charge in [-0.25, -0.2) is 4.79 Å². The van der Waals surface area contributed by atoms with Gasteiger partial charge in [0.25, 0.3) is 0 Å². The lowest BCUT2D eigenvalue weighted by molar-refractivity contribution is -0.234. The van der Waals surface area contributed by atoms with Gasteiger partial charge in [0.05, 0.1) is 0 Å². The molecule has 1 N–H and O–H groups in total. The average Bonchev–Trinajstić information content (AvgIpc) is 2.67. The Balaban J connectivity index is 2.41. The Kier molecular flexibility index (Phi) is 12.2. The van der Waals surface area contributed by atoms with E-state index in [1.54, 1.807) is 0 Å². The summed E-state index contributed by atoms with van der Waals surface area (Å²) in [5.41, 5.74) is 0.929. The van der Waals surface area contributed by atoms with Gasteiger partial charge >= 0.3 is 5.97 Å². The topological polar surface area (TPSA) is 66.8 Å². The molecule has 5 nitrogen and oxygen atoms in total.